The molecule has 1 fully saturated rings. The first-order valence-corrected chi connectivity index (χ1v) is 8.74. The Morgan fingerprint density at radius 1 is 1.27 bits per heavy atom. The highest BCUT2D eigenvalue weighted by Gasteiger charge is 2.22. The van der Waals surface area contributed by atoms with Crippen molar-refractivity contribution >= 4 is 17.0 Å². The molecule has 0 amide bonds. The van der Waals surface area contributed by atoms with Gasteiger partial charge in [0.1, 0.15) is 5.65 Å². The Labute approximate surface area is 150 Å². The number of piperidine rings is 1. The van der Waals surface area contributed by atoms with E-state index in [0.29, 0.717) is 29.1 Å². The van der Waals surface area contributed by atoms with Gasteiger partial charge >= 0.3 is 0 Å². The molecule has 7 heteroatoms. The van der Waals surface area contributed by atoms with Crippen LogP contribution in [0.3, 0.4) is 0 Å². The van der Waals surface area contributed by atoms with Gasteiger partial charge in [0.25, 0.3) is 5.56 Å². The summed E-state index contributed by atoms with van der Waals surface area (Å²) >= 11 is 0. The summed E-state index contributed by atoms with van der Waals surface area (Å²) in [5.74, 6) is 0.629. The van der Waals surface area contributed by atoms with Gasteiger partial charge in [0.05, 0.1) is 23.6 Å². The van der Waals surface area contributed by atoms with Crippen LogP contribution in [0.25, 0.3) is 11.0 Å². The SMILES string of the molecule is N#Cc1ccccc1Cn1c(N2CCC(N)CC2)nc2[nH]ccc2c1=O. The quantitative estimate of drug-likeness (QED) is 0.748. The van der Waals surface area contributed by atoms with E-state index in [2.05, 4.69) is 16.0 Å². The van der Waals surface area contributed by atoms with Crippen molar-refractivity contribution in [1.29, 1.82) is 5.26 Å². The molecule has 2 aromatic heterocycles. The van der Waals surface area contributed by atoms with Gasteiger partial charge in [-0.3, -0.25) is 9.36 Å². The molecule has 7 nitrogen and oxygen atoms in total. The highest BCUT2D eigenvalue weighted by atomic mass is 16.1. The molecule has 1 saturated heterocycles. The minimum atomic E-state index is -0.103. The topological polar surface area (TPSA) is 104 Å². The number of nitrogens with zero attached hydrogens (tertiary/aromatic N) is 4. The molecule has 4 rings (SSSR count). The van der Waals surface area contributed by atoms with Crippen molar-refractivity contribution in [3.8, 4) is 6.07 Å². The predicted molar refractivity (Wildman–Crippen MR) is 100 cm³/mol. The van der Waals surface area contributed by atoms with E-state index in [1.807, 2.05) is 18.2 Å². The smallest absolute Gasteiger partial charge is 0.264 e. The number of rotatable bonds is 3. The van der Waals surface area contributed by atoms with Crippen LogP contribution in [-0.2, 0) is 6.54 Å². The van der Waals surface area contributed by atoms with Gasteiger partial charge in [-0.15, -0.1) is 0 Å². The maximum atomic E-state index is 13.1. The van der Waals surface area contributed by atoms with Crippen molar-refractivity contribution in [3.63, 3.8) is 0 Å². The summed E-state index contributed by atoms with van der Waals surface area (Å²) in [6.07, 6.45) is 3.46. The fraction of sp³-hybridized carbons (Fsp3) is 0.316. The van der Waals surface area contributed by atoms with Crippen LogP contribution in [0.2, 0.25) is 0 Å². The molecule has 0 saturated carbocycles. The number of hydrogen-bond donors (Lipinski definition) is 2. The highest BCUT2D eigenvalue weighted by Crippen LogP contribution is 2.20. The molecule has 0 bridgehead atoms. The Balaban J connectivity index is 1.84. The monoisotopic (exact) mass is 348 g/mol. The zero-order valence-electron chi connectivity index (χ0n) is 14.4. The van der Waals surface area contributed by atoms with E-state index >= 15 is 0 Å². The molecule has 3 heterocycles. The van der Waals surface area contributed by atoms with Crippen molar-refractivity contribution in [2.75, 3.05) is 18.0 Å². The Kier molecular flexibility index (Phi) is 4.19. The normalized spacial score (nSPS) is 15.3. The third-order valence-electron chi connectivity index (χ3n) is 4.94. The Bertz CT molecular complexity index is 1040. The summed E-state index contributed by atoms with van der Waals surface area (Å²) in [7, 11) is 0. The van der Waals surface area contributed by atoms with Crippen LogP contribution in [-0.4, -0.2) is 33.7 Å². The van der Waals surface area contributed by atoms with Crippen LogP contribution in [0.5, 0.6) is 0 Å². The van der Waals surface area contributed by atoms with Gasteiger partial charge in [0.15, 0.2) is 0 Å². The average Bonchev–Trinajstić information content (AvgIpc) is 3.14. The first-order valence-electron chi connectivity index (χ1n) is 8.74. The summed E-state index contributed by atoms with van der Waals surface area (Å²) in [6.45, 7) is 1.84. The van der Waals surface area contributed by atoms with Crippen LogP contribution in [0.15, 0.2) is 41.3 Å². The Hall–Kier alpha value is -3.11. The summed E-state index contributed by atoms with van der Waals surface area (Å²) in [5, 5.41) is 9.92. The second-order valence-electron chi connectivity index (χ2n) is 6.64. The van der Waals surface area contributed by atoms with E-state index in [1.165, 1.54) is 0 Å². The summed E-state index contributed by atoms with van der Waals surface area (Å²) < 4.78 is 1.67. The van der Waals surface area contributed by atoms with Gasteiger partial charge in [-0.05, 0) is 30.5 Å². The lowest BCUT2D eigenvalue weighted by atomic mass is 10.1. The minimum Gasteiger partial charge on any atom is -0.346 e. The third-order valence-corrected chi connectivity index (χ3v) is 4.94. The van der Waals surface area contributed by atoms with E-state index in [4.69, 9.17) is 10.7 Å². The van der Waals surface area contributed by atoms with Crippen LogP contribution < -0.4 is 16.2 Å². The van der Waals surface area contributed by atoms with Gasteiger partial charge in [-0.2, -0.15) is 10.2 Å². The fourth-order valence-electron chi connectivity index (χ4n) is 3.44. The van der Waals surface area contributed by atoms with Gasteiger partial charge in [0.2, 0.25) is 5.95 Å². The van der Waals surface area contributed by atoms with Crippen molar-refractivity contribution < 1.29 is 0 Å². The molecule has 0 aliphatic carbocycles. The molecule has 0 radical (unpaired) electrons. The van der Waals surface area contributed by atoms with Crippen molar-refractivity contribution in [2.45, 2.75) is 25.4 Å². The number of nitriles is 1. The lowest BCUT2D eigenvalue weighted by molar-refractivity contribution is 0.488. The zero-order valence-corrected chi connectivity index (χ0v) is 14.4. The predicted octanol–water partition coefficient (Wildman–Crippen LogP) is 1.57. The van der Waals surface area contributed by atoms with Crippen molar-refractivity contribution in [1.82, 2.24) is 14.5 Å². The van der Waals surface area contributed by atoms with E-state index in [0.717, 1.165) is 31.5 Å². The molecule has 1 aromatic carbocycles. The first-order chi connectivity index (χ1) is 12.7. The molecule has 3 N–H and O–H groups in total. The molecule has 1 aliphatic rings. The second-order valence-corrected chi connectivity index (χ2v) is 6.64. The summed E-state index contributed by atoms with van der Waals surface area (Å²) in [4.78, 5) is 22.9. The molecule has 3 aromatic rings. The van der Waals surface area contributed by atoms with Gasteiger partial charge < -0.3 is 15.6 Å². The minimum absolute atomic E-state index is 0.103. The van der Waals surface area contributed by atoms with Crippen molar-refractivity contribution in [2.24, 2.45) is 5.73 Å². The fourth-order valence-corrected chi connectivity index (χ4v) is 3.44. The number of H-pyrrole nitrogens is 1. The van der Waals surface area contributed by atoms with E-state index in [9.17, 15) is 10.1 Å². The Morgan fingerprint density at radius 3 is 2.81 bits per heavy atom. The average molecular weight is 348 g/mol. The maximum Gasteiger partial charge on any atom is 0.264 e. The number of nitrogens with one attached hydrogen (secondary N) is 1. The number of fused-ring (bicyclic) bond motifs is 1. The first kappa shape index (κ1) is 16.4. The molecule has 1 aliphatic heterocycles. The third kappa shape index (κ3) is 2.85. The number of hydrogen-bond acceptors (Lipinski definition) is 5. The van der Waals surface area contributed by atoms with Gasteiger partial charge in [-0.1, -0.05) is 18.2 Å². The maximum absolute atomic E-state index is 13.1. The lowest BCUT2D eigenvalue weighted by Gasteiger charge is -2.32. The highest BCUT2D eigenvalue weighted by molar-refractivity contribution is 5.75. The second kappa shape index (κ2) is 6.65. The number of nitrogens with two attached hydrogens (primary N) is 1. The standard InChI is InChI=1S/C19H20N6O/c20-11-13-3-1-2-4-14(13)12-25-18(26)16-5-8-22-17(16)23-19(25)24-9-6-15(21)7-10-24/h1-5,8,15,22H,6-7,9-10,12,21H2. The van der Waals surface area contributed by atoms with E-state index in [-0.39, 0.29) is 11.6 Å². The number of aromatic amines is 1. The number of benzene rings is 1. The molecular weight excluding hydrogens is 328 g/mol. The summed E-state index contributed by atoms with van der Waals surface area (Å²) in [5.41, 5.74) is 7.88. The van der Waals surface area contributed by atoms with Crippen LogP contribution in [0, 0.1) is 11.3 Å². The van der Waals surface area contributed by atoms with E-state index < -0.39 is 0 Å². The molecular formula is C19H20N6O. The molecule has 0 spiro atoms. The van der Waals surface area contributed by atoms with Crippen LogP contribution >= 0.6 is 0 Å². The lowest BCUT2D eigenvalue weighted by Crippen LogP contribution is -2.42. The van der Waals surface area contributed by atoms with Gasteiger partial charge in [-0.25, -0.2) is 0 Å². The van der Waals surface area contributed by atoms with E-state index in [1.54, 1.807) is 22.9 Å². The van der Waals surface area contributed by atoms with Crippen molar-refractivity contribution in [3.05, 3.63) is 58.0 Å². The molecule has 26 heavy (non-hydrogen) atoms. The molecule has 0 unspecified atom stereocenters. The molecule has 132 valence electrons. The van der Waals surface area contributed by atoms with Crippen LogP contribution in [0.4, 0.5) is 5.95 Å². The van der Waals surface area contributed by atoms with Crippen LogP contribution in [0.1, 0.15) is 24.0 Å². The van der Waals surface area contributed by atoms with Gasteiger partial charge in [0, 0.05) is 25.3 Å². The summed E-state index contributed by atoms with van der Waals surface area (Å²) in [6, 6.07) is 11.5. The number of anilines is 1. The molecule has 0 atom stereocenters. The number of aromatic nitrogens is 3. The largest absolute Gasteiger partial charge is 0.346 e. The zero-order chi connectivity index (χ0) is 18.1. The Morgan fingerprint density at radius 2 is 2.04 bits per heavy atom.